The number of esters is 2. The third kappa shape index (κ3) is 79.2. The summed E-state index contributed by atoms with van der Waals surface area (Å²) < 4.78 is 22.9. The van der Waals surface area contributed by atoms with Crippen LogP contribution in [0.15, 0.2) is 109 Å². The number of likely N-dealkylation sites (N-methyl/N-ethyl adjacent to an activating group) is 1. The minimum absolute atomic E-state index is 0.144. The van der Waals surface area contributed by atoms with Crippen molar-refractivity contribution in [3.63, 3.8) is 0 Å². The Bertz CT molecular complexity index is 1970. The SMILES string of the molecule is CC/C=C\C/C=C\C/C=C\C/C=C\C/C=C\C/C=C\C/C=C\CCCCCCCCCCCC(=O)OC(COC(=O)CCCCCCCCCCCCCCCCCCCCCCCCCCCCCCC/C=C\C/C=C\CCCCCCC)COC(OCC[N+](C)(C)C)C(=O)[O-]. The molecule has 0 aromatic carbocycles. The van der Waals surface area contributed by atoms with E-state index < -0.39 is 24.3 Å². The van der Waals surface area contributed by atoms with Crippen molar-refractivity contribution in [1.29, 1.82) is 0 Å². The van der Waals surface area contributed by atoms with Crippen LogP contribution in [0.3, 0.4) is 0 Å². The van der Waals surface area contributed by atoms with Gasteiger partial charge in [-0.1, -0.05) is 367 Å². The highest BCUT2D eigenvalue weighted by Gasteiger charge is 2.22. The maximum atomic E-state index is 13.0. The molecule has 0 radical (unpaired) electrons. The minimum atomic E-state index is -1.63. The summed E-state index contributed by atoms with van der Waals surface area (Å²) in [6, 6.07) is 0. The summed E-state index contributed by atoms with van der Waals surface area (Å²) in [4.78, 5) is 37.6. The van der Waals surface area contributed by atoms with E-state index in [1.807, 2.05) is 21.1 Å². The van der Waals surface area contributed by atoms with Gasteiger partial charge in [-0.15, -0.1) is 0 Å². The van der Waals surface area contributed by atoms with E-state index in [0.717, 1.165) is 96.3 Å². The van der Waals surface area contributed by atoms with E-state index in [4.69, 9.17) is 18.9 Å². The molecule has 0 aliphatic rings. The fraction of sp³-hybridized carbons (Fsp3) is 0.761. The largest absolute Gasteiger partial charge is 0.545 e. The first-order valence-corrected chi connectivity index (χ1v) is 41.0. The molecule has 0 saturated heterocycles. The summed E-state index contributed by atoms with van der Waals surface area (Å²) >= 11 is 0. The van der Waals surface area contributed by atoms with Crippen LogP contribution in [0.4, 0.5) is 0 Å². The van der Waals surface area contributed by atoms with Crippen molar-refractivity contribution in [2.24, 2.45) is 0 Å². The van der Waals surface area contributed by atoms with Gasteiger partial charge in [-0.05, 0) is 103 Å². The quantitative estimate of drug-likeness (QED) is 0.0195. The Morgan fingerprint density at radius 3 is 0.876 bits per heavy atom. The standard InChI is InChI=1S/C88H155NO8/c1-6-8-10-12-14-16-18-20-22-24-26-28-30-32-34-36-38-39-40-41-42-43-44-45-46-47-49-50-52-54-56-58-60-62-64-66-68-70-72-74-76-78-85(90)95-82-84(83-96-88(87(92)93)94-81-80-89(3,4)5)97-86(91)79-77-75-73-71-69-67-65-63-61-59-57-55-53-51-48-37-35-33-31-29-27-25-23-21-19-17-15-13-11-9-7-2/h9,11,15,17-18,20-21,23-24,26-27,29,33,35,48,51,55,57,84,88H,6-8,10,12-14,16,19,22,25,28,30-32,34,36-47,49-50,52-54,56,58-83H2,1-5H3/b11-9-,17-15-,20-18-,23-21-,26-24-,29-27-,35-33-,51-48-,57-55-. The molecule has 97 heavy (non-hydrogen) atoms. The van der Waals surface area contributed by atoms with Gasteiger partial charge in [0.1, 0.15) is 13.2 Å². The lowest BCUT2D eigenvalue weighted by Gasteiger charge is -2.26. The number of unbranched alkanes of at least 4 members (excludes halogenated alkanes) is 43. The van der Waals surface area contributed by atoms with Gasteiger partial charge < -0.3 is 33.3 Å². The van der Waals surface area contributed by atoms with Crippen molar-refractivity contribution < 1.29 is 42.9 Å². The zero-order chi connectivity index (χ0) is 70.4. The number of carboxylic acid groups (broad SMARTS) is 1. The zero-order valence-electron chi connectivity index (χ0n) is 64.2. The maximum absolute atomic E-state index is 13.0. The van der Waals surface area contributed by atoms with Crippen molar-refractivity contribution in [1.82, 2.24) is 0 Å². The normalized spacial score (nSPS) is 13.2. The molecule has 0 saturated carbocycles. The lowest BCUT2D eigenvalue weighted by atomic mass is 10.0. The topological polar surface area (TPSA) is 111 Å². The Labute approximate surface area is 600 Å². The molecule has 2 unspecified atom stereocenters. The molecule has 560 valence electrons. The average molecular weight is 1360 g/mol. The second-order valence-corrected chi connectivity index (χ2v) is 28.7. The van der Waals surface area contributed by atoms with E-state index in [-0.39, 0.29) is 32.2 Å². The highest BCUT2D eigenvalue weighted by atomic mass is 16.7. The number of hydrogen-bond acceptors (Lipinski definition) is 8. The van der Waals surface area contributed by atoms with Crippen LogP contribution in [0.25, 0.3) is 0 Å². The number of aliphatic carboxylic acids is 1. The van der Waals surface area contributed by atoms with Gasteiger partial charge in [-0.2, -0.15) is 0 Å². The number of ether oxygens (including phenoxy) is 4. The highest BCUT2D eigenvalue weighted by molar-refractivity contribution is 5.70. The third-order valence-corrected chi connectivity index (χ3v) is 18.0. The molecular formula is C88H155NO8. The van der Waals surface area contributed by atoms with Gasteiger partial charge >= 0.3 is 11.9 Å². The van der Waals surface area contributed by atoms with E-state index in [0.29, 0.717) is 23.9 Å². The second-order valence-electron chi connectivity index (χ2n) is 28.7. The van der Waals surface area contributed by atoms with Crippen LogP contribution in [-0.4, -0.2) is 82.3 Å². The van der Waals surface area contributed by atoms with Crippen LogP contribution in [-0.2, 0) is 33.3 Å². The predicted molar refractivity (Wildman–Crippen MR) is 417 cm³/mol. The fourth-order valence-electron chi connectivity index (χ4n) is 11.8. The fourth-order valence-corrected chi connectivity index (χ4v) is 11.8. The number of quaternary nitrogens is 1. The average Bonchev–Trinajstić information content (AvgIpc) is 2.39. The first-order valence-electron chi connectivity index (χ1n) is 41.0. The van der Waals surface area contributed by atoms with Gasteiger partial charge in [0, 0.05) is 12.8 Å². The molecule has 0 aromatic heterocycles. The number of carboxylic acids is 1. The van der Waals surface area contributed by atoms with E-state index in [2.05, 4.69) is 123 Å². The first kappa shape index (κ1) is 93.0. The lowest BCUT2D eigenvalue weighted by molar-refractivity contribution is -0.870. The number of nitrogens with zero attached hydrogens (tertiary/aromatic N) is 1. The summed E-state index contributed by atoms with van der Waals surface area (Å²) in [7, 11) is 5.94. The molecule has 0 aromatic rings. The number of rotatable bonds is 76. The van der Waals surface area contributed by atoms with Gasteiger partial charge in [-0.25, -0.2) is 0 Å². The maximum Gasteiger partial charge on any atom is 0.306 e. The van der Waals surface area contributed by atoms with Crippen LogP contribution in [0.5, 0.6) is 0 Å². The van der Waals surface area contributed by atoms with Crippen molar-refractivity contribution >= 4 is 17.9 Å². The molecular weight excluding hydrogens is 1200 g/mol. The van der Waals surface area contributed by atoms with Gasteiger partial charge in [-0.3, -0.25) is 9.59 Å². The van der Waals surface area contributed by atoms with Crippen LogP contribution in [0.2, 0.25) is 0 Å². The Morgan fingerprint density at radius 1 is 0.320 bits per heavy atom. The van der Waals surface area contributed by atoms with Crippen molar-refractivity contribution in [3.05, 3.63) is 109 Å². The van der Waals surface area contributed by atoms with Crippen LogP contribution < -0.4 is 5.11 Å². The molecule has 2 atom stereocenters. The monoisotopic (exact) mass is 1350 g/mol. The summed E-state index contributed by atoms with van der Waals surface area (Å²) in [6.45, 7) is 4.65. The summed E-state index contributed by atoms with van der Waals surface area (Å²) in [5.74, 6) is -2.28. The molecule has 9 heteroatoms. The van der Waals surface area contributed by atoms with E-state index in [9.17, 15) is 19.5 Å². The minimum Gasteiger partial charge on any atom is -0.545 e. The molecule has 0 amide bonds. The molecule has 0 heterocycles. The van der Waals surface area contributed by atoms with Crippen molar-refractivity contribution in [3.8, 4) is 0 Å². The molecule has 0 rings (SSSR count). The predicted octanol–water partition coefficient (Wildman–Crippen LogP) is 25.1. The summed E-state index contributed by atoms with van der Waals surface area (Å²) in [5, 5.41) is 11.9. The van der Waals surface area contributed by atoms with Gasteiger partial charge in [0.2, 0.25) is 0 Å². The Balaban J connectivity index is 3.99. The van der Waals surface area contributed by atoms with Crippen molar-refractivity contribution in [2.45, 2.75) is 386 Å². The first-order chi connectivity index (χ1) is 47.6. The highest BCUT2D eigenvalue weighted by Crippen LogP contribution is 2.19. The number of carbonyl (C=O) groups excluding carboxylic acids is 3. The molecule has 9 nitrogen and oxygen atoms in total. The van der Waals surface area contributed by atoms with Gasteiger partial charge in [0.25, 0.3) is 0 Å². The smallest absolute Gasteiger partial charge is 0.306 e. The van der Waals surface area contributed by atoms with Crippen molar-refractivity contribution in [2.75, 3.05) is 47.5 Å². The second kappa shape index (κ2) is 77.7. The number of hydrogen-bond donors (Lipinski definition) is 0. The van der Waals surface area contributed by atoms with Crippen LogP contribution >= 0.6 is 0 Å². The van der Waals surface area contributed by atoms with Gasteiger partial charge in [0.05, 0.1) is 40.3 Å². The van der Waals surface area contributed by atoms with E-state index in [1.54, 1.807) is 0 Å². The Kier molecular flexibility index (Phi) is 74.4. The van der Waals surface area contributed by atoms with E-state index in [1.165, 1.54) is 244 Å². The zero-order valence-corrected chi connectivity index (χ0v) is 64.2. The Hall–Kier alpha value is -4.05. The molecule has 0 fully saturated rings. The number of allylic oxidation sites excluding steroid dienone is 18. The third-order valence-electron chi connectivity index (χ3n) is 18.0. The molecule has 0 bridgehead atoms. The van der Waals surface area contributed by atoms with Gasteiger partial charge in [0.15, 0.2) is 12.4 Å². The van der Waals surface area contributed by atoms with E-state index >= 15 is 0 Å². The molecule has 0 spiro atoms. The molecule has 0 aliphatic heterocycles. The lowest BCUT2D eigenvalue weighted by Crippen LogP contribution is -2.44. The summed E-state index contributed by atoms with van der Waals surface area (Å²) in [5.41, 5.74) is 0. The van der Waals surface area contributed by atoms with Crippen LogP contribution in [0.1, 0.15) is 373 Å². The summed E-state index contributed by atoms with van der Waals surface area (Å²) in [6.07, 6.45) is 107. The Morgan fingerprint density at radius 2 is 0.588 bits per heavy atom. The molecule has 0 aliphatic carbocycles. The molecule has 0 N–H and O–H groups in total. The van der Waals surface area contributed by atoms with Crippen LogP contribution in [0, 0.1) is 0 Å². The number of carbonyl (C=O) groups is 3.